The molecule has 20 heavy (non-hydrogen) atoms. The van der Waals surface area contributed by atoms with E-state index in [4.69, 9.17) is 23.2 Å². The Morgan fingerprint density at radius 3 is 2.60 bits per heavy atom. The van der Waals surface area contributed by atoms with E-state index >= 15 is 0 Å². The molecule has 2 rings (SSSR count). The highest BCUT2D eigenvalue weighted by molar-refractivity contribution is 8.00. The molecule has 0 saturated heterocycles. The highest BCUT2D eigenvalue weighted by Crippen LogP contribution is 2.29. The lowest BCUT2D eigenvalue weighted by atomic mass is 10.1. The van der Waals surface area contributed by atoms with Crippen molar-refractivity contribution in [3.8, 4) is 5.75 Å². The Labute approximate surface area is 129 Å². The third-order valence-electron chi connectivity index (χ3n) is 2.52. The van der Waals surface area contributed by atoms with Gasteiger partial charge in [0.05, 0.1) is 21.4 Å². The second kappa shape index (κ2) is 6.48. The maximum Gasteiger partial charge on any atom is 0.176 e. The maximum atomic E-state index is 13.1. The molecule has 6 heteroatoms. The van der Waals surface area contributed by atoms with Crippen LogP contribution in [-0.2, 0) is 0 Å². The van der Waals surface area contributed by atoms with Gasteiger partial charge in [0.15, 0.2) is 5.78 Å². The van der Waals surface area contributed by atoms with Gasteiger partial charge in [-0.2, -0.15) is 0 Å². The average Bonchev–Trinajstić information content (AvgIpc) is 2.42. The van der Waals surface area contributed by atoms with E-state index < -0.39 is 5.82 Å². The molecule has 0 bridgehead atoms. The van der Waals surface area contributed by atoms with Crippen molar-refractivity contribution in [2.24, 2.45) is 0 Å². The van der Waals surface area contributed by atoms with Gasteiger partial charge in [0.2, 0.25) is 0 Å². The van der Waals surface area contributed by atoms with E-state index in [2.05, 4.69) is 0 Å². The van der Waals surface area contributed by atoms with Crippen molar-refractivity contribution in [2.75, 3.05) is 5.75 Å². The standard InChI is InChI=1S/C14H9Cl2FO2S/c15-11-3-2-9(6-12(11)16)20-7-14(19)10-5-8(17)1-4-13(10)18/h1-6,18H,7H2. The zero-order valence-corrected chi connectivity index (χ0v) is 12.4. The molecule has 0 aliphatic carbocycles. The second-order valence-corrected chi connectivity index (χ2v) is 5.81. The predicted molar refractivity (Wildman–Crippen MR) is 79.6 cm³/mol. The summed E-state index contributed by atoms with van der Waals surface area (Å²) in [5.74, 6) is -1.09. The summed E-state index contributed by atoms with van der Waals surface area (Å²) < 4.78 is 13.1. The fourth-order valence-corrected chi connectivity index (χ4v) is 2.71. The minimum atomic E-state index is -0.564. The van der Waals surface area contributed by atoms with Gasteiger partial charge in [-0.3, -0.25) is 4.79 Å². The van der Waals surface area contributed by atoms with E-state index in [0.29, 0.717) is 10.0 Å². The van der Waals surface area contributed by atoms with Gasteiger partial charge in [-0.15, -0.1) is 11.8 Å². The molecule has 0 amide bonds. The van der Waals surface area contributed by atoms with E-state index in [0.717, 1.165) is 23.1 Å². The van der Waals surface area contributed by atoms with Crippen LogP contribution in [0.4, 0.5) is 4.39 Å². The molecule has 2 aromatic carbocycles. The van der Waals surface area contributed by atoms with Crippen LogP contribution in [0.15, 0.2) is 41.3 Å². The van der Waals surface area contributed by atoms with Crippen LogP contribution in [-0.4, -0.2) is 16.6 Å². The quantitative estimate of drug-likeness (QED) is 0.645. The smallest absolute Gasteiger partial charge is 0.176 e. The monoisotopic (exact) mass is 330 g/mol. The van der Waals surface area contributed by atoms with Gasteiger partial charge in [-0.05, 0) is 36.4 Å². The van der Waals surface area contributed by atoms with Crippen LogP contribution in [0.5, 0.6) is 5.75 Å². The number of hydrogen-bond donors (Lipinski definition) is 1. The SMILES string of the molecule is O=C(CSc1ccc(Cl)c(Cl)c1)c1cc(F)ccc1O. The zero-order chi connectivity index (χ0) is 14.7. The number of hydrogen-bond acceptors (Lipinski definition) is 3. The third kappa shape index (κ3) is 3.66. The van der Waals surface area contributed by atoms with Gasteiger partial charge in [-0.1, -0.05) is 23.2 Å². The van der Waals surface area contributed by atoms with E-state index in [9.17, 15) is 14.3 Å². The van der Waals surface area contributed by atoms with Crippen molar-refractivity contribution >= 4 is 40.7 Å². The summed E-state index contributed by atoms with van der Waals surface area (Å²) in [7, 11) is 0. The minimum Gasteiger partial charge on any atom is -0.507 e. The first kappa shape index (κ1) is 15.2. The van der Waals surface area contributed by atoms with E-state index in [1.54, 1.807) is 18.2 Å². The lowest BCUT2D eigenvalue weighted by Crippen LogP contribution is -2.03. The van der Waals surface area contributed by atoms with Gasteiger partial charge >= 0.3 is 0 Å². The van der Waals surface area contributed by atoms with Crippen LogP contribution in [0.3, 0.4) is 0 Å². The molecule has 1 N–H and O–H groups in total. The number of phenols is 1. The number of benzene rings is 2. The molecule has 0 heterocycles. The average molecular weight is 331 g/mol. The lowest BCUT2D eigenvalue weighted by molar-refractivity contribution is 0.101. The number of Topliss-reactive ketones (excluding diaryl/α,β-unsaturated/α-hetero) is 1. The van der Waals surface area contributed by atoms with Crippen molar-refractivity contribution in [3.05, 3.63) is 57.8 Å². The number of carbonyl (C=O) groups is 1. The molecule has 0 unspecified atom stereocenters. The Morgan fingerprint density at radius 1 is 1.15 bits per heavy atom. The Morgan fingerprint density at radius 2 is 1.90 bits per heavy atom. The molecule has 2 aromatic rings. The fourth-order valence-electron chi connectivity index (χ4n) is 1.52. The molecule has 0 radical (unpaired) electrons. The van der Waals surface area contributed by atoms with Crippen molar-refractivity contribution in [3.63, 3.8) is 0 Å². The minimum absolute atomic E-state index is 0.0300. The molecule has 0 saturated carbocycles. The first-order chi connectivity index (χ1) is 9.47. The summed E-state index contributed by atoms with van der Waals surface area (Å²) in [6.07, 6.45) is 0. The molecule has 0 aliphatic rings. The number of phenolic OH excluding ortho intramolecular Hbond substituents is 1. The summed E-state index contributed by atoms with van der Waals surface area (Å²) in [6, 6.07) is 8.29. The van der Waals surface area contributed by atoms with Crippen LogP contribution in [0.2, 0.25) is 10.0 Å². The number of ketones is 1. The Balaban J connectivity index is 2.08. The van der Waals surface area contributed by atoms with Crippen molar-refractivity contribution in [1.29, 1.82) is 0 Å². The number of thioether (sulfide) groups is 1. The normalized spacial score (nSPS) is 10.6. The fraction of sp³-hybridized carbons (Fsp3) is 0.0714. The van der Waals surface area contributed by atoms with Crippen LogP contribution < -0.4 is 0 Å². The van der Waals surface area contributed by atoms with Gasteiger partial charge in [0.25, 0.3) is 0 Å². The van der Waals surface area contributed by atoms with Crippen LogP contribution >= 0.6 is 35.0 Å². The van der Waals surface area contributed by atoms with Gasteiger partial charge in [-0.25, -0.2) is 4.39 Å². The summed E-state index contributed by atoms with van der Waals surface area (Å²) in [5, 5.41) is 10.4. The lowest BCUT2D eigenvalue weighted by Gasteiger charge is -2.05. The van der Waals surface area contributed by atoms with Gasteiger partial charge in [0.1, 0.15) is 11.6 Å². The van der Waals surface area contributed by atoms with Gasteiger partial charge in [0, 0.05) is 4.90 Å². The van der Waals surface area contributed by atoms with E-state index in [-0.39, 0.29) is 22.8 Å². The second-order valence-electron chi connectivity index (χ2n) is 3.95. The first-order valence-corrected chi connectivity index (χ1v) is 7.31. The number of rotatable bonds is 4. The van der Waals surface area contributed by atoms with E-state index in [1.807, 2.05) is 0 Å². The topological polar surface area (TPSA) is 37.3 Å². The Kier molecular flexibility index (Phi) is 4.91. The molecule has 0 aliphatic heterocycles. The molecule has 0 atom stereocenters. The van der Waals surface area contributed by atoms with Gasteiger partial charge < -0.3 is 5.11 Å². The molecule has 0 fully saturated rings. The number of halogens is 3. The Hall–Kier alpha value is -1.23. The van der Waals surface area contributed by atoms with Crippen LogP contribution in [0, 0.1) is 5.82 Å². The number of aromatic hydroxyl groups is 1. The molecular formula is C14H9Cl2FO2S. The summed E-state index contributed by atoms with van der Waals surface area (Å²) in [5.41, 5.74) is -0.0300. The molecular weight excluding hydrogens is 322 g/mol. The third-order valence-corrected chi connectivity index (χ3v) is 4.25. The highest BCUT2D eigenvalue weighted by Gasteiger charge is 2.13. The zero-order valence-electron chi connectivity index (χ0n) is 10.1. The van der Waals surface area contributed by atoms with Crippen LogP contribution in [0.25, 0.3) is 0 Å². The summed E-state index contributed by atoms with van der Waals surface area (Å²) in [4.78, 5) is 12.7. The van der Waals surface area contributed by atoms with E-state index in [1.165, 1.54) is 11.8 Å². The van der Waals surface area contributed by atoms with Crippen molar-refractivity contribution in [1.82, 2.24) is 0 Å². The molecule has 0 aromatic heterocycles. The maximum absolute atomic E-state index is 13.1. The van der Waals surface area contributed by atoms with Crippen molar-refractivity contribution < 1.29 is 14.3 Å². The number of carbonyl (C=O) groups excluding carboxylic acids is 1. The largest absolute Gasteiger partial charge is 0.507 e. The molecule has 2 nitrogen and oxygen atoms in total. The first-order valence-electron chi connectivity index (χ1n) is 5.57. The molecule has 0 spiro atoms. The highest BCUT2D eigenvalue weighted by atomic mass is 35.5. The molecule has 104 valence electrons. The van der Waals surface area contributed by atoms with Crippen molar-refractivity contribution in [2.45, 2.75) is 4.90 Å². The Bertz CT molecular complexity index is 662. The van der Waals surface area contributed by atoms with Crippen LogP contribution in [0.1, 0.15) is 10.4 Å². The summed E-state index contributed by atoms with van der Waals surface area (Å²) >= 11 is 12.9. The summed E-state index contributed by atoms with van der Waals surface area (Å²) in [6.45, 7) is 0. The predicted octanol–water partition coefficient (Wildman–Crippen LogP) is 4.81.